The minimum absolute atomic E-state index is 0.0479. The number of aromatic carboxylic acids is 1. The van der Waals surface area contributed by atoms with Crippen molar-refractivity contribution < 1.29 is 9.90 Å². The van der Waals surface area contributed by atoms with Crippen LogP contribution in [0.15, 0.2) is 35.3 Å². The number of hydrogen-bond donors (Lipinski definition) is 2. The second kappa shape index (κ2) is 4.35. The zero-order valence-corrected chi connectivity index (χ0v) is 10.1. The summed E-state index contributed by atoms with van der Waals surface area (Å²) in [5.41, 5.74) is 1.50. The third-order valence-corrected chi connectivity index (χ3v) is 3.51. The molecule has 19 heavy (non-hydrogen) atoms. The third-order valence-electron chi connectivity index (χ3n) is 3.51. The van der Waals surface area contributed by atoms with Gasteiger partial charge in [-0.25, -0.2) is 9.78 Å². The normalized spacial score (nSPS) is 17.2. The fraction of sp³-hybridized carbons (Fsp3) is 0.214. The highest BCUT2D eigenvalue weighted by atomic mass is 16.4. The molecule has 1 atom stereocenters. The number of fused-ring (bicyclic) bond motifs is 1. The van der Waals surface area contributed by atoms with E-state index in [1.54, 1.807) is 0 Å². The molecule has 0 bridgehead atoms. The van der Waals surface area contributed by atoms with Crippen LogP contribution in [0.25, 0.3) is 0 Å². The van der Waals surface area contributed by atoms with Crippen LogP contribution >= 0.6 is 0 Å². The molecule has 1 heterocycles. The van der Waals surface area contributed by atoms with Crippen LogP contribution in [0, 0.1) is 0 Å². The molecule has 0 saturated heterocycles. The highest BCUT2D eigenvalue weighted by molar-refractivity contribution is 5.86. The number of nitrogens with one attached hydrogen (secondary N) is 1. The van der Waals surface area contributed by atoms with Crippen LogP contribution in [0.3, 0.4) is 0 Å². The van der Waals surface area contributed by atoms with Gasteiger partial charge < -0.3 is 10.1 Å². The maximum atomic E-state index is 11.7. The Bertz CT molecular complexity index is 706. The van der Waals surface area contributed by atoms with Crippen molar-refractivity contribution in [2.75, 3.05) is 0 Å². The lowest BCUT2D eigenvalue weighted by atomic mass is 10.0. The molecular weight excluding hydrogens is 244 g/mol. The summed E-state index contributed by atoms with van der Waals surface area (Å²) in [4.78, 5) is 29.2. The number of carboxylic acids is 1. The maximum Gasteiger partial charge on any atom is 0.342 e. The van der Waals surface area contributed by atoms with Gasteiger partial charge in [-0.1, -0.05) is 24.3 Å². The molecule has 0 spiro atoms. The van der Waals surface area contributed by atoms with E-state index in [1.165, 1.54) is 5.56 Å². The van der Waals surface area contributed by atoms with Gasteiger partial charge in [0.1, 0.15) is 11.4 Å². The number of benzene rings is 1. The molecule has 0 radical (unpaired) electrons. The van der Waals surface area contributed by atoms with Crippen molar-refractivity contribution in [1.82, 2.24) is 9.97 Å². The van der Waals surface area contributed by atoms with Crippen LogP contribution in [-0.4, -0.2) is 21.0 Å². The molecule has 3 rings (SSSR count). The van der Waals surface area contributed by atoms with Gasteiger partial charge in [0, 0.05) is 12.1 Å². The Morgan fingerprint density at radius 2 is 2.16 bits per heavy atom. The number of aromatic amines is 1. The minimum atomic E-state index is -1.26. The fourth-order valence-corrected chi connectivity index (χ4v) is 2.58. The first-order valence-corrected chi connectivity index (χ1v) is 6.07. The van der Waals surface area contributed by atoms with Crippen LogP contribution in [0.5, 0.6) is 0 Å². The lowest BCUT2D eigenvalue weighted by molar-refractivity contribution is 0.0694. The van der Waals surface area contributed by atoms with E-state index in [0.717, 1.165) is 24.6 Å². The first kappa shape index (κ1) is 11.6. The topological polar surface area (TPSA) is 83.0 Å². The predicted molar refractivity (Wildman–Crippen MR) is 68.4 cm³/mol. The number of aryl methyl sites for hydroxylation is 1. The van der Waals surface area contributed by atoms with Crippen LogP contribution in [0.4, 0.5) is 0 Å². The molecule has 0 aliphatic heterocycles. The summed E-state index contributed by atoms with van der Waals surface area (Å²) < 4.78 is 0. The molecule has 1 aromatic heterocycles. The summed E-state index contributed by atoms with van der Waals surface area (Å²) in [6, 6.07) is 8.04. The predicted octanol–water partition coefficient (Wildman–Crippen LogP) is 1.55. The van der Waals surface area contributed by atoms with Crippen molar-refractivity contribution in [2.45, 2.75) is 18.8 Å². The number of rotatable bonds is 2. The highest BCUT2D eigenvalue weighted by Gasteiger charge is 2.25. The minimum Gasteiger partial charge on any atom is -0.477 e. The first-order valence-electron chi connectivity index (χ1n) is 6.07. The van der Waals surface area contributed by atoms with Gasteiger partial charge in [-0.05, 0) is 24.0 Å². The molecule has 5 heteroatoms. The SMILES string of the molecule is O=C(O)c1cnc(C2CCc3ccccc32)[nH]c1=O. The smallest absolute Gasteiger partial charge is 0.342 e. The Balaban J connectivity index is 2.03. The summed E-state index contributed by atoms with van der Waals surface area (Å²) in [7, 11) is 0. The number of aromatic nitrogens is 2. The summed E-state index contributed by atoms with van der Waals surface area (Å²) in [5, 5.41) is 8.82. The summed E-state index contributed by atoms with van der Waals surface area (Å²) >= 11 is 0. The second-order valence-electron chi connectivity index (χ2n) is 4.61. The van der Waals surface area contributed by atoms with E-state index in [9.17, 15) is 9.59 Å². The Labute approximate surface area is 108 Å². The number of hydrogen-bond acceptors (Lipinski definition) is 3. The molecular formula is C14H12N2O3. The molecule has 96 valence electrons. The van der Waals surface area contributed by atoms with Crippen LogP contribution in [0.2, 0.25) is 0 Å². The Kier molecular flexibility index (Phi) is 2.67. The van der Waals surface area contributed by atoms with Gasteiger partial charge >= 0.3 is 5.97 Å². The quantitative estimate of drug-likeness (QED) is 0.853. The molecule has 0 fully saturated rings. The van der Waals surface area contributed by atoms with Gasteiger partial charge in [0.25, 0.3) is 5.56 Å². The highest BCUT2D eigenvalue weighted by Crippen LogP contribution is 2.35. The molecule has 1 unspecified atom stereocenters. The van der Waals surface area contributed by atoms with Gasteiger partial charge in [0.05, 0.1) is 0 Å². The molecule has 5 nitrogen and oxygen atoms in total. The maximum absolute atomic E-state index is 11.7. The molecule has 1 aliphatic carbocycles. The monoisotopic (exact) mass is 256 g/mol. The lowest BCUT2D eigenvalue weighted by Gasteiger charge is -2.10. The Morgan fingerprint density at radius 3 is 2.89 bits per heavy atom. The lowest BCUT2D eigenvalue weighted by Crippen LogP contribution is -2.21. The van der Waals surface area contributed by atoms with Crippen molar-refractivity contribution >= 4 is 5.97 Å². The number of nitrogens with zero attached hydrogens (tertiary/aromatic N) is 1. The molecule has 2 aromatic rings. The van der Waals surface area contributed by atoms with E-state index in [0.29, 0.717) is 5.82 Å². The fourth-order valence-electron chi connectivity index (χ4n) is 2.58. The van der Waals surface area contributed by atoms with E-state index in [-0.39, 0.29) is 11.5 Å². The molecule has 0 amide bonds. The molecule has 1 aromatic carbocycles. The van der Waals surface area contributed by atoms with Crippen molar-refractivity contribution in [2.24, 2.45) is 0 Å². The molecule has 2 N–H and O–H groups in total. The Hall–Kier alpha value is -2.43. The molecule has 0 saturated carbocycles. The number of carbonyl (C=O) groups is 1. The second-order valence-corrected chi connectivity index (χ2v) is 4.61. The largest absolute Gasteiger partial charge is 0.477 e. The van der Waals surface area contributed by atoms with Crippen molar-refractivity contribution in [3.05, 3.63) is 63.3 Å². The van der Waals surface area contributed by atoms with Gasteiger partial charge in [0.2, 0.25) is 0 Å². The van der Waals surface area contributed by atoms with Gasteiger partial charge in [-0.3, -0.25) is 4.79 Å². The van der Waals surface area contributed by atoms with Crippen LogP contribution in [0.1, 0.15) is 39.6 Å². The summed E-state index contributed by atoms with van der Waals surface area (Å²) in [5.74, 6) is -0.668. The summed E-state index contributed by atoms with van der Waals surface area (Å²) in [6.45, 7) is 0. The van der Waals surface area contributed by atoms with Gasteiger partial charge in [0.15, 0.2) is 0 Å². The zero-order valence-electron chi connectivity index (χ0n) is 10.1. The molecule has 1 aliphatic rings. The number of carboxylic acid groups (broad SMARTS) is 1. The number of H-pyrrole nitrogens is 1. The van der Waals surface area contributed by atoms with Crippen LogP contribution < -0.4 is 5.56 Å². The van der Waals surface area contributed by atoms with Crippen molar-refractivity contribution in [3.63, 3.8) is 0 Å². The van der Waals surface area contributed by atoms with E-state index < -0.39 is 11.5 Å². The van der Waals surface area contributed by atoms with Gasteiger partial charge in [-0.15, -0.1) is 0 Å². The standard InChI is InChI=1S/C14H12N2O3/c17-13-11(14(18)19)7-15-12(16-13)10-6-5-8-3-1-2-4-9(8)10/h1-4,7,10H,5-6H2,(H,18,19)(H,15,16,17). The van der Waals surface area contributed by atoms with E-state index >= 15 is 0 Å². The third kappa shape index (κ3) is 1.93. The Morgan fingerprint density at radius 1 is 1.37 bits per heavy atom. The van der Waals surface area contributed by atoms with E-state index in [1.807, 2.05) is 18.2 Å². The zero-order chi connectivity index (χ0) is 13.4. The van der Waals surface area contributed by atoms with E-state index in [4.69, 9.17) is 5.11 Å². The van der Waals surface area contributed by atoms with Crippen molar-refractivity contribution in [1.29, 1.82) is 0 Å². The van der Waals surface area contributed by atoms with E-state index in [2.05, 4.69) is 16.0 Å². The van der Waals surface area contributed by atoms with Crippen LogP contribution in [-0.2, 0) is 6.42 Å². The summed E-state index contributed by atoms with van der Waals surface area (Å²) in [6.07, 6.45) is 2.97. The first-order chi connectivity index (χ1) is 9.16. The van der Waals surface area contributed by atoms with Gasteiger partial charge in [-0.2, -0.15) is 0 Å². The van der Waals surface area contributed by atoms with Crippen molar-refractivity contribution in [3.8, 4) is 0 Å². The average Bonchev–Trinajstić information content (AvgIpc) is 2.82. The average molecular weight is 256 g/mol.